The molecule has 8 heteroatoms. The van der Waals surface area contributed by atoms with Crippen molar-refractivity contribution in [1.82, 2.24) is 4.31 Å². The molecule has 0 aromatic heterocycles. The number of rotatable bonds is 3. The van der Waals surface area contributed by atoms with Crippen LogP contribution in [0.5, 0.6) is 0 Å². The fourth-order valence-corrected chi connectivity index (χ4v) is 4.40. The number of benzene rings is 1. The Morgan fingerprint density at radius 1 is 1.35 bits per heavy atom. The molecule has 2 rings (SSSR count). The largest absolute Gasteiger partial charge is 0.416 e. The van der Waals surface area contributed by atoms with E-state index in [9.17, 15) is 21.6 Å². The Labute approximate surface area is 134 Å². The Kier molecular flexibility index (Phi) is 5.08. The number of hydrogen-bond acceptors (Lipinski definition) is 3. The molecule has 1 saturated heterocycles. The fraction of sp³-hybridized carbons (Fsp3) is 0.600. The van der Waals surface area contributed by atoms with Gasteiger partial charge in [-0.05, 0) is 50.3 Å². The summed E-state index contributed by atoms with van der Waals surface area (Å²) in [4.78, 5) is -0.319. The number of nitrogens with zero attached hydrogens (tertiary/aromatic N) is 1. The van der Waals surface area contributed by atoms with Crippen LogP contribution in [0.25, 0.3) is 0 Å². The Bertz CT molecular complexity index is 672. The number of alkyl halides is 3. The number of nitrogens with two attached hydrogens (primary N) is 1. The van der Waals surface area contributed by atoms with Crippen LogP contribution in [0.15, 0.2) is 23.1 Å². The number of hydrogen-bond donors (Lipinski definition) is 1. The molecule has 1 aromatic rings. The highest BCUT2D eigenvalue weighted by Crippen LogP contribution is 2.34. The predicted molar refractivity (Wildman–Crippen MR) is 81.3 cm³/mol. The molecular formula is C15H21F3N2O2S. The highest BCUT2D eigenvalue weighted by Gasteiger charge is 2.36. The van der Waals surface area contributed by atoms with Gasteiger partial charge in [0.25, 0.3) is 0 Å². The fourth-order valence-electron chi connectivity index (χ4n) is 2.84. The van der Waals surface area contributed by atoms with Crippen molar-refractivity contribution in [2.45, 2.75) is 43.8 Å². The van der Waals surface area contributed by atoms with E-state index in [4.69, 9.17) is 5.73 Å². The van der Waals surface area contributed by atoms with Crippen LogP contribution in [-0.4, -0.2) is 31.9 Å². The van der Waals surface area contributed by atoms with Gasteiger partial charge in [-0.1, -0.05) is 6.07 Å². The highest BCUT2D eigenvalue weighted by molar-refractivity contribution is 7.89. The third kappa shape index (κ3) is 3.87. The summed E-state index contributed by atoms with van der Waals surface area (Å²) >= 11 is 0. The van der Waals surface area contributed by atoms with Gasteiger partial charge in [-0.2, -0.15) is 17.5 Å². The van der Waals surface area contributed by atoms with Gasteiger partial charge >= 0.3 is 6.18 Å². The topological polar surface area (TPSA) is 63.4 Å². The number of piperidine rings is 1. The quantitative estimate of drug-likeness (QED) is 0.912. The van der Waals surface area contributed by atoms with Crippen molar-refractivity contribution in [3.8, 4) is 0 Å². The van der Waals surface area contributed by atoms with Crippen LogP contribution in [0.4, 0.5) is 13.2 Å². The van der Waals surface area contributed by atoms with Crippen molar-refractivity contribution in [3.05, 3.63) is 29.3 Å². The van der Waals surface area contributed by atoms with Crippen molar-refractivity contribution in [3.63, 3.8) is 0 Å². The second-order valence-electron chi connectivity index (χ2n) is 6.10. The second-order valence-corrected chi connectivity index (χ2v) is 8.04. The van der Waals surface area contributed by atoms with Crippen molar-refractivity contribution in [1.29, 1.82) is 0 Å². The molecule has 0 saturated carbocycles. The van der Waals surface area contributed by atoms with E-state index in [1.165, 1.54) is 23.4 Å². The first-order chi connectivity index (χ1) is 10.5. The maximum absolute atomic E-state index is 13.0. The Morgan fingerprint density at radius 2 is 2.00 bits per heavy atom. The third-order valence-corrected chi connectivity index (χ3v) is 6.18. The van der Waals surface area contributed by atoms with Crippen LogP contribution in [0.2, 0.25) is 0 Å². The molecule has 0 aliphatic carbocycles. The second kappa shape index (κ2) is 6.41. The first-order valence-electron chi connectivity index (χ1n) is 7.47. The SMILES string of the molecule is Cc1ccc(S(=O)(=O)N2CCCC(C(C)N)C2)cc1C(F)(F)F. The van der Waals surface area contributed by atoms with Gasteiger partial charge in [-0.3, -0.25) is 0 Å². The van der Waals surface area contributed by atoms with E-state index >= 15 is 0 Å². The van der Waals surface area contributed by atoms with E-state index in [-0.39, 0.29) is 29.0 Å². The van der Waals surface area contributed by atoms with Gasteiger partial charge in [-0.15, -0.1) is 0 Å². The molecule has 4 nitrogen and oxygen atoms in total. The molecule has 130 valence electrons. The molecular weight excluding hydrogens is 329 g/mol. The van der Waals surface area contributed by atoms with E-state index in [0.717, 1.165) is 12.5 Å². The first kappa shape index (κ1) is 18.2. The van der Waals surface area contributed by atoms with Crippen molar-refractivity contribution < 1.29 is 21.6 Å². The van der Waals surface area contributed by atoms with E-state index in [1.54, 1.807) is 0 Å². The molecule has 1 aliphatic rings. The van der Waals surface area contributed by atoms with Gasteiger partial charge in [0, 0.05) is 19.1 Å². The van der Waals surface area contributed by atoms with Crippen LogP contribution in [0, 0.1) is 12.8 Å². The predicted octanol–water partition coefficient (Wildman–Crippen LogP) is 2.76. The molecule has 1 heterocycles. The summed E-state index contributed by atoms with van der Waals surface area (Å²) in [6.45, 7) is 3.68. The molecule has 0 radical (unpaired) electrons. The number of sulfonamides is 1. The average Bonchev–Trinajstić information content (AvgIpc) is 2.46. The lowest BCUT2D eigenvalue weighted by Crippen LogP contribution is -2.45. The van der Waals surface area contributed by atoms with Gasteiger partial charge < -0.3 is 5.73 Å². The van der Waals surface area contributed by atoms with Gasteiger partial charge in [0.15, 0.2) is 0 Å². The normalized spacial score (nSPS) is 22.1. The van der Waals surface area contributed by atoms with Gasteiger partial charge in [0.1, 0.15) is 0 Å². The van der Waals surface area contributed by atoms with E-state index < -0.39 is 21.8 Å². The number of halogens is 3. The first-order valence-corrected chi connectivity index (χ1v) is 8.91. The molecule has 0 bridgehead atoms. The summed E-state index contributed by atoms with van der Waals surface area (Å²) in [5, 5.41) is 0. The van der Waals surface area contributed by atoms with Crippen molar-refractivity contribution >= 4 is 10.0 Å². The van der Waals surface area contributed by atoms with Crippen LogP contribution in [0.1, 0.15) is 30.9 Å². The summed E-state index contributed by atoms with van der Waals surface area (Å²) < 4.78 is 65.6. The molecule has 1 aromatic carbocycles. The summed E-state index contributed by atoms with van der Waals surface area (Å²) in [6, 6.07) is 3.00. The zero-order valence-electron chi connectivity index (χ0n) is 13.1. The molecule has 1 aliphatic heterocycles. The Hall–Kier alpha value is -1.12. The van der Waals surface area contributed by atoms with Gasteiger partial charge in [-0.25, -0.2) is 8.42 Å². The van der Waals surface area contributed by atoms with E-state index in [1.807, 2.05) is 6.92 Å². The Balaban J connectivity index is 2.36. The number of aryl methyl sites for hydroxylation is 1. The zero-order chi connectivity index (χ0) is 17.4. The highest BCUT2D eigenvalue weighted by atomic mass is 32.2. The summed E-state index contributed by atoms with van der Waals surface area (Å²) in [5.41, 5.74) is 4.93. The minimum absolute atomic E-state index is 0.00329. The minimum Gasteiger partial charge on any atom is -0.328 e. The van der Waals surface area contributed by atoms with Gasteiger partial charge in [0.2, 0.25) is 10.0 Å². The monoisotopic (exact) mass is 350 g/mol. The van der Waals surface area contributed by atoms with Crippen LogP contribution in [-0.2, 0) is 16.2 Å². The average molecular weight is 350 g/mol. The Morgan fingerprint density at radius 3 is 2.57 bits per heavy atom. The molecule has 1 fully saturated rings. The molecule has 2 N–H and O–H groups in total. The lowest BCUT2D eigenvalue weighted by Gasteiger charge is -2.33. The van der Waals surface area contributed by atoms with E-state index in [0.29, 0.717) is 13.0 Å². The maximum Gasteiger partial charge on any atom is 0.416 e. The third-order valence-electron chi connectivity index (χ3n) is 4.32. The molecule has 0 amide bonds. The standard InChI is InChI=1S/C15H21F3N2O2S/c1-10-5-6-13(8-14(10)15(16,17)18)23(21,22)20-7-3-4-12(9-20)11(2)19/h5-6,8,11-12H,3-4,7,9,19H2,1-2H3. The zero-order valence-corrected chi connectivity index (χ0v) is 13.9. The molecule has 2 unspecified atom stereocenters. The van der Waals surface area contributed by atoms with Crippen molar-refractivity contribution in [2.24, 2.45) is 11.7 Å². The van der Waals surface area contributed by atoms with Crippen LogP contribution in [0.3, 0.4) is 0 Å². The summed E-state index contributed by atoms with van der Waals surface area (Å²) in [6.07, 6.45) is -3.10. The minimum atomic E-state index is -4.58. The van der Waals surface area contributed by atoms with Crippen LogP contribution < -0.4 is 5.73 Å². The van der Waals surface area contributed by atoms with Crippen LogP contribution >= 0.6 is 0 Å². The van der Waals surface area contributed by atoms with E-state index in [2.05, 4.69) is 0 Å². The van der Waals surface area contributed by atoms with Gasteiger partial charge in [0.05, 0.1) is 10.5 Å². The molecule has 2 atom stereocenters. The van der Waals surface area contributed by atoms with Crippen molar-refractivity contribution in [2.75, 3.05) is 13.1 Å². The maximum atomic E-state index is 13.0. The molecule has 0 spiro atoms. The summed E-state index contributed by atoms with van der Waals surface area (Å²) in [5.74, 6) is 0.0195. The smallest absolute Gasteiger partial charge is 0.328 e. The lowest BCUT2D eigenvalue weighted by atomic mass is 9.93. The summed E-state index contributed by atoms with van der Waals surface area (Å²) in [7, 11) is -3.95. The lowest BCUT2D eigenvalue weighted by molar-refractivity contribution is -0.138. The molecule has 23 heavy (non-hydrogen) atoms.